The van der Waals surface area contributed by atoms with E-state index >= 15 is 9.59 Å². The van der Waals surface area contributed by atoms with Crippen LogP contribution >= 0.6 is 0 Å². The smallest absolute Gasteiger partial charge is 0.261 e. The Morgan fingerprint density at radius 1 is 0.826 bits per heavy atom. The Balaban J connectivity index is 1.08. The second-order valence-corrected chi connectivity index (χ2v) is 23.8. The number of benzene rings is 2. The molecule has 0 amide bonds. The Bertz CT molecular complexity index is 3100. The fourth-order valence-corrected chi connectivity index (χ4v) is 18.3. The molecule has 4 aliphatic heterocycles. The lowest BCUT2D eigenvalue weighted by atomic mass is 9.50. The van der Waals surface area contributed by atoms with Crippen LogP contribution in [0.15, 0.2) is 53.9 Å². The van der Waals surface area contributed by atoms with Gasteiger partial charge in [0.15, 0.2) is 17.5 Å². The predicted octanol–water partition coefficient (Wildman–Crippen LogP) is 6.95. The van der Waals surface area contributed by atoms with Gasteiger partial charge in [0.2, 0.25) is 5.78 Å². The molecule has 16 rings (SSSR count). The number of ketones is 2. The first-order valence-corrected chi connectivity index (χ1v) is 25.8. The van der Waals surface area contributed by atoms with Gasteiger partial charge in [0.05, 0.1) is 23.3 Å². The van der Waals surface area contributed by atoms with Crippen molar-refractivity contribution in [1.82, 2.24) is 9.97 Å². The molecule has 358 valence electrons. The van der Waals surface area contributed by atoms with Crippen LogP contribution in [0.5, 0.6) is 11.5 Å². The number of ether oxygens (including phenoxy) is 2. The maximum absolute atomic E-state index is 15.1. The number of aromatic hydroxyl groups is 1. The zero-order chi connectivity index (χ0) is 46.9. The summed E-state index contributed by atoms with van der Waals surface area (Å²) < 4.78 is 14.7. The van der Waals surface area contributed by atoms with Gasteiger partial charge in [0.1, 0.15) is 29.5 Å². The zero-order valence-electron chi connectivity index (χ0n) is 38.9. The fraction of sp³-hybridized carbons (Fsp3) is 0.554. The number of carbonyl (C=O) groups excluding carboxylic acids is 2. The molecule has 4 saturated carbocycles. The lowest BCUT2D eigenvalue weighted by Crippen LogP contribution is -2.79. The van der Waals surface area contributed by atoms with E-state index in [0.717, 1.165) is 99.4 Å². The first-order valence-electron chi connectivity index (χ1n) is 25.8. The Morgan fingerprint density at radius 2 is 1.62 bits per heavy atom. The van der Waals surface area contributed by atoms with Crippen molar-refractivity contribution in [3.05, 3.63) is 98.5 Å². The van der Waals surface area contributed by atoms with Gasteiger partial charge >= 0.3 is 0 Å². The van der Waals surface area contributed by atoms with Gasteiger partial charge in [-0.3, -0.25) is 9.59 Å². The number of aromatic amines is 1. The third kappa shape index (κ3) is 4.82. The quantitative estimate of drug-likeness (QED) is 0.0792. The van der Waals surface area contributed by atoms with Crippen LogP contribution in [0.1, 0.15) is 156 Å². The minimum absolute atomic E-state index is 0.00791. The SMILES string of the molecule is Cc1cc(O)c2c(c1)C(=O)c1c(c3cc4c(nccc14)NCC(O)C14CC5(CCCC5)C5CCCc6c[nH]c(c6C51)C1=CC5(O3)OC3(C1=C4CC1(CCC4(CCCC4)C1)C3O)C(O)C(O)C5O)C2=O. The number of anilines is 1. The van der Waals surface area contributed by atoms with Crippen molar-refractivity contribution in [3.63, 3.8) is 0 Å². The van der Waals surface area contributed by atoms with E-state index in [9.17, 15) is 30.6 Å². The molecule has 2 aromatic carbocycles. The third-order valence-electron chi connectivity index (χ3n) is 20.8. The first kappa shape index (κ1) is 41.9. The number of nitrogens with one attached hydrogen (secondary N) is 2. The lowest BCUT2D eigenvalue weighted by molar-refractivity contribution is -0.366. The molecule has 1 saturated heterocycles. The Labute approximate surface area is 399 Å². The van der Waals surface area contributed by atoms with Crippen molar-refractivity contribution < 1.29 is 49.7 Å². The summed E-state index contributed by atoms with van der Waals surface area (Å²) in [5, 5.41) is 82.2. The van der Waals surface area contributed by atoms with Crippen molar-refractivity contribution in [2.45, 2.75) is 157 Å². The number of phenols is 1. The van der Waals surface area contributed by atoms with Crippen molar-refractivity contribution >= 4 is 33.7 Å². The van der Waals surface area contributed by atoms with E-state index in [0.29, 0.717) is 59.0 Å². The van der Waals surface area contributed by atoms with Gasteiger partial charge in [-0.15, -0.1) is 0 Å². The lowest BCUT2D eigenvalue weighted by Gasteiger charge is -2.64. The summed E-state index contributed by atoms with van der Waals surface area (Å²) in [5.41, 5.74) is 1.43. The summed E-state index contributed by atoms with van der Waals surface area (Å²) in [6.07, 6.45) is 11.9. The van der Waals surface area contributed by atoms with E-state index in [2.05, 4.69) is 16.5 Å². The number of rotatable bonds is 0. The molecule has 69 heavy (non-hydrogen) atoms. The minimum atomic E-state index is -2.38. The fourth-order valence-electron chi connectivity index (χ4n) is 18.3. The average molecular weight is 934 g/mol. The molecule has 8 aliphatic carbocycles. The Morgan fingerprint density at radius 3 is 2.43 bits per heavy atom. The summed E-state index contributed by atoms with van der Waals surface area (Å²) >= 11 is 0. The van der Waals surface area contributed by atoms with Crippen molar-refractivity contribution in [2.24, 2.45) is 27.6 Å². The molecule has 4 aromatic rings. The molecular formula is C56H59N3O10. The molecule has 8 N–H and O–H groups in total. The number of carbonyl (C=O) groups is 2. The summed E-state index contributed by atoms with van der Waals surface area (Å²) in [6.45, 7) is 1.80. The number of aliphatic hydroxyl groups excluding tert-OH is 5. The molecule has 12 aliphatic rings. The number of nitrogens with zero attached hydrogens (tertiary/aromatic N) is 1. The molecule has 5 fully saturated rings. The van der Waals surface area contributed by atoms with Gasteiger partial charge in [-0.25, -0.2) is 4.98 Å². The molecule has 13 nitrogen and oxygen atoms in total. The number of aliphatic hydroxyl groups is 5. The Kier molecular flexibility index (Phi) is 8.09. The molecule has 6 spiro atoms. The number of H-pyrrole nitrogens is 1. The largest absolute Gasteiger partial charge is 0.507 e. The summed E-state index contributed by atoms with van der Waals surface area (Å²) in [7, 11) is 0. The van der Waals surface area contributed by atoms with E-state index in [1.54, 1.807) is 37.4 Å². The first-order chi connectivity index (χ1) is 33.2. The van der Waals surface area contributed by atoms with Crippen molar-refractivity contribution in [3.8, 4) is 11.5 Å². The molecule has 13 heteroatoms. The van der Waals surface area contributed by atoms with Gasteiger partial charge < -0.3 is 50.4 Å². The van der Waals surface area contributed by atoms with Gasteiger partial charge in [-0.1, -0.05) is 31.3 Å². The molecular weight excluding hydrogens is 875 g/mol. The molecule has 11 unspecified atom stereocenters. The number of hydrogen-bond acceptors (Lipinski definition) is 12. The number of aromatic nitrogens is 2. The second-order valence-electron chi connectivity index (χ2n) is 23.8. The van der Waals surface area contributed by atoms with Crippen LogP contribution in [0.3, 0.4) is 0 Å². The third-order valence-corrected chi connectivity index (χ3v) is 20.8. The molecule has 8 bridgehead atoms. The van der Waals surface area contributed by atoms with Gasteiger partial charge in [0.25, 0.3) is 5.79 Å². The maximum atomic E-state index is 15.1. The summed E-state index contributed by atoms with van der Waals surface area (Å²) in [6, 6.07) is 6.27. The topological polar surface area (TPSA) is 215 Å². The van der Waals surface area contributed by atoms with E-state index in [1.165, 1.54) is 6.07 Å². The highest BCUT2D eigenvalue weighted by molar-refractivity contribution is 6.34. The predicted molar refractivity (Wildman–Crippen MR) is 252 cm³/mol. The minimum Gasteiger partial charge on any atom is -0.507 e. The van der Waals surface area contributed by atoms with Crippen LogP contribution in [-0.2, 0) is 11.2 Å². The van der Waals surface area contributed by atoms with Crippen LogP contribution in [0.4, 0.5) is 5.82 Å². The van der Waals surface area contributed by atoms with Gasteiger partial charge in [-0.2, -0.15) is 0 Å². The van der Waals surface area contributed by atoms with Crippen LogP contribution < -0.4 is 10.1 Å². The van der Waals surface area contributed by atoms with E-state index in [1.807, 2.05) is 0 Å². The number of aryl methyl sites for hydroxylation is 2. The molecule has 2 aromatic heterocycles. The van der Waals surface area contributed by atoms with Crippen molar-refractivity contribution in [1.29, 1.82) is 0 Å². The Hall–Kier alpha value is -4.89. The highest BCUT2D eigenvalue weighted by Crippen LogP contribution is 2.78. The van der Waals surface area contributed by atoms with E-state index < -0.39 is 64.3 Å². The highest BCUT2D eigenvalue weighted by atomic mass is 16.7. The zero-order valence-corrected chi connectivity index (χ0v) is 38.9. The monoisotopic (exact) mass is 933 g/mol. The normalized spacial score (nSPS) is 39.1. The summed E-state index contributed by atoms with van der Waals surface area (Å²) in [5.74, 6) is -3.74. The second kappa shape index (κ2) is 13.3. The number of phenolic OH excluding ortho intramolecular Hbond substituents is 1. The van der Waals surface area contributed by atoms with Crippen LogP contribution in [0.2, 0.25) is 0 Å². The van der Waals surface area contributed by atoms with Gasteiger partial charge in [-0.05, 0) is 159 Å². The van der Waals surface area contributed by atoms with Gasteiger partial charge in [0, 0.05) is 63.5 Å². The number of hydrogen-bond donors (Lipinski definition) is 8. The maximum Gasteiger partial charge on any atom is 0.261 e. The molecule has 0 radical (unpaired) electrons. The standard InChI is InChI=1S/C56H59N3O10/c1-26-17-30-38(34(60)18-26)45(63)40-35-19-29-28(39(40)44(30)62)9-16-57-49(29)59-23-36(61)54-25-52(12-4-5-13-52)32-8-6-7-27-22-58-43(37(27)42(32)54)31-20-55(68-35)47(65)46(64)48(66)56(69-55)41(31)33(54)21-53(50(56)67)15-14-51(24-53)10-2-3-11-51/h9,16-20,22,32,36,42,46-48,50,58,60-61,64-67H,2-8,10-15,21,23-25H2,1H3,(H,57,59). The molecule has 6 heterocycles. The van der Waals surface area contributed by atoms with Crippen LogP contribution in [0, 0.1) is 34.5 Å². The average Bonchev–Trinajstić information content (AvgIpc) is 4.17. The van der Waals surface area contributed by atoms with Crippen LogP contribution in [-0.4, -0.2) is 101 Å². The van der Waals surface area contributed by atoms with E-state index in [4.69, 9.17) is 14.5 Å². The highest BCUT2D eigenvalue weighted by Gasteiger charge is 2.78. The van der Waals surface area contributed by atoms with Crippen molar-refractivity contribution in [2.75, 3.05) is 11.9 Å². The van der Waals surface area contributed by atoms with E-state index in [-0.39, 0.29) is 63.0 Å². The molecule has 11 atom stereocenters. The number of fused-ring (bicyclic) bond motifs is 6. The van der Waals surface area contributed by atoms with Crippen LogP contribution in [0.25, 0.3) is 16.3 Å². The summed E-state index contributed by atoms with van der Waals surface area (Å²) in [4.78, 5) is 38.8. The number of pyridine rings is 1.